The van der Waals surface area contributed by atoms with Crippen LogP contribution in [0.5, 0.6) is 0 Å². The topological polar surface area (TPSA) is 35.2 Å². The Bertz CT molecular complexity index is 558. The summed E-state index contributed by atoms with van der Waals surface area (Å²) in [4.78, 5) is 0. The number of hydrogen-bond donors (Lipinski definition) is 1. The van der Waals surface area contributed by atoms with Crippen LogP contribution in [0.2, 0.25) is 0 Å². The molecule has 0 amide bonds. The smallest absolute Gasteiger partial charge is 0.128 e. The van der Waals surface area contributed by atoms with Crippen molar-refractivity contribution in [3.8, 4) is 0 Å². The van der Waals surface area contributed by atoms with Crippen molar-refractivity contribution in [1.29, 1.82) is 0 Å². The van der Waals surface area contributed by atoms with E-state index in [1.54, 1.807) is 30.3 Å². The summed E-state index contributed by atoms with van der Waals surface area (Å²) in [7, 11) is 0. The highest BCUT2D eigenvalue weighted by atomic mass is 19.1. The molecule has 2 nitrogen and oxygen atoms in total. The van der Waals surface area contributed by atoms with Crippen LogP contribution in [0.1, 0.15) is 16.7 Å². The lowest BCUT2D eigenvalue weighted by Crippen LogP contribution is -2.02. The maximum Gasteiger partial charge on any atom is 0.128 e. The van der Waals surface area contributed by atoms with E-state index in [0.717, 1.165) is 5.56 Å². The van der Waals surface area contributed by atoms with Crippen LogP contribution >= 0.6 is 0 Å². The quantitative estimate of drug-likeness (QED) is 0.899. The third-order valence-corrected chi connectivity index (χ3v) is 2.82. The highest BCUT2D eigenvalue weighted by molar-refractivity contribution is 5.24. The molecule has 0 saturated heterocycles. The molecule has 0 radical (unpaired) electrons. The van der Waals surface area contributed by atoms with E-state index in [2.05, 4.69) is 0 Å². The molecule has 0 aliphatic rings. The van der Waals surface area contributed by atoms with Crippen molar-refractivity contribution in [3.63, 3.8) is 0 Å². The predicted molar refractivity (Wildman–Crippen MR) is 69.2 cm³/mol. The molecule has 0 unspecified atom stereocenters. The molecule has 0 aliphatic carbocycles. The van der Waals surface area contributed by atoms with Crippen molar-refractivity contribution < 1.29 is 13.5 Å². The van der Waals surface area contributed by atoms with Gasteiger partial charge in [0, 0.05) is 17.7 Å². The van der Waals surface area contributed by atoms with Crippen LogP contribution < -0.4 is 5.73 Å². The first kappa shape index (κ1) is 13.6. The zero-order chi connectivity index (χ0) is 13.7. The fraction of sp³-hybridized carbons (Fsp3) is 0.200. The van der Waals surface area contributed by atoms with Gasteiger partial charge in [-0.2, -0.15) is 0 Å². The monoisotopic (exact) mass is 263 g/mol. The lowest BCUT2D eigenvalue weighted by atomic mass is 10.1. The van der Waals surface area contributed by atoms with Crippen molar-refractivity contribution in [2.45, 2.75) is 19.8 Å². The number of halogens is 2. The Morgan fingerprint density at radius 2 is 1.58 bits per heavy atom. The van der Waals surface area contributed by atoms with Gasteiger partial charge in [-0.3, -0.25) is 0 Å². The summed E-state index contributed by atoms with van der Waals surface area (Å²) in [6, 6.07) is 11.0. The Morgan fingerprint density at radius 3 is 2.32 bits per heavy atom. The normalized spacial score (nSPS) is 10.7. The molecular formula is C15H15F2NO. The summed E-state index contributed by atoms with van der Waals surface area (Å²) in [5, 5.41) is 0. The molecule has 0 aliphatic heterocycles. The van der Waals surface area contributed by atoms with Crippen LogP contribution in [0.25, 0.3) is 0 Å². The van der Waals surface area contributed by atoms with Crippen molar-refractivity contribution in [1.82, 2.24) is 0 Å². The van der Waals surface area contributed by atoms with Gasteiger partial charge in [0.15, 0.2) is 0 Å². The Labute approximate surface area is 110 Å². The minimum Gasteiger partial charge on any atom is -0.372 e. The van der Waals surface area contributed by atoms with E-state index < -0.39 is 0 Å². The van der Waals surface area contributed by atoms with Gasteiger partial charge in [-0.15, -0.1) is 0 Å². The Kier molecular flexibility index (Phi) is 4.60. The van der Waals surface area contributed by atoms with Crippen LogP contribution in [0.3, 0.4) is 0 Å². The molecule has 2 rings (SSSR count). The van der Waals surface area contributed by atoms with Gasteiger partial charge in [0.25, 0.3) is 0 Å². The fourth-order valence-corrected chi connectivity index (χ4v) is 1.75. The molecule has 0 aromatic heterocycles. The second-order valence-electron chi connectivity index (χ2n) is 4.21. The van der Waals surface area contributed by atoms with E-state index >= 15 is 0 Å². The van der Waals surface area contributed by atoms with Crippen molar-refractivity contribution in [3.05, 3.63) is 70.8 Å². The molecule has 100 valence electrons. The second kappa shape index (κ2) is 6.41. The van der Waals surface area contributed by atoms with E-state index in [0.29, 0.717) is 17.7 Å². The number of benzene rings is 2. The first-order chi connectivity index (χ1) is 9.20. The van der Waals surface area contributed by atoms with Crippen molar-refractivity contribution in [2.24, 2.45) is 5.73 Å². The number of nitrogens with two attached hydrogens (primary N) is 1. The standard InChI is InChI=1S/C15H15F2NO/c16-14-4-2-1-3-12(14)9-19-10-13-7-11(8-18)5-6-15(13)17/h1-7H,8-10,18H2. The maximum atomic E-state index is 13.5. The van der Waals surface area contributed by atoms with E-state index in [1.165, 1.54) is 12.1 Å². The van der Waals surface area contributed by atoms with Gasteiger partial charge in [-0.05, 0) is 23.8 Å². The lowest BCUT2D eigenvalue weighted by Gasteiger charge is -2.08. The second-order valence-corrected chi connectivity index (χ2v) is 4.21. The molecule has 0 atom stereocenters. The highest BCUT2D eigenvalue weighted by Crippen LogP contribution is 2.14. The van der Waals surface area contributed by atoms with Crippen LogP contribution in [0.4, 0.5) is 8.78 Å². The summed E-state index contributed by atoms with van der Waals surface area (Å²) in [6.45, 7) is 0.549. The minimum absolute atomic E-state index is 0.0913. The van der Waals surface area contributed by atoms with Crippen molar-refractivity contribution >= 4 is 0 Å². The first-order valence-electron chi connectivity index (χ1n) is 5.99. The molecule has 0 spiro atoms. The zero-order valence-electron chi connectivity index (χ0n) is 10.4. The van der Waals surface area contributed by atoms with Crippen molar-refractivity contribution in [2.75, 3.05) is 0 Å². The predicted octanol–water partition coefficient (Wildman–Crippen LogP) is 3.14. The molecule has 4 heteroatoms. The first-order valence-corrected chi connectivity index (χ1v) is 5.99. The van der Waals surface area contributed by atoms with Gasteiger partial charge in [-0.1, -0.05) is 24.3 Å². The summed E-state index contributed by atoms with van der Waals surface area (Å²) >= 11 is 0. The molecular weight excluding hydrogens is 248 g/mol. The van der Waals surface area contributed by atoms with Gasteiger partial charge in [0.2, 0.25) is 0 Å². The van der Waals surface area contributed by atoms with E-state index in [9.17, 15) is 8.78 Å². The van der Waals surface area contributed by atoms with Gasteiger partial charge < -0.3 is 10.5 Å². The van der Waals surface area contributed by atoms with Crippen LogP contribution in [0.15, 0.2) is 42.5 Å². The molecule has 2 aromatic rings. The zero-order valence-corrected chi connectivity index (χ0v) is 10.4. The minimum atomic E-state index is -0.342. The molecule has 19 heavy (non-hydrogen) atoms. The Balaban J connectivity index is 1.98. The van der Waals surface area contributed by atoms with Gasteiger partial charge in [-0.25, -0.2) is 8.78 Å². The SMILES string of the molecule is NCc1ccc(F)c(COCc2ccccc2F)c1. The number of hydrogen-bond acceptors (Lipinski definition) is 2. The van der Waals surface area contributed by atoms with E-state index in [-0.39, 0.29) is 24.8 Å². The molecule has 0 heterocycles. The third-order valence-electron chi connectivity index (χ3n) is 2.82. The third kappa shape index (κ3) is 3.59. The molecule has 2 aromatic carbocycles. The summed E-state index contributed by atoms with van der Waals surface area (Å²) in [5.74, 6) is -0.663. The Morgan fingerprint density at radius 1 is 0.895 bits per heavy atom. The average Bonchev–Trinajstić information content (AvgIpc) is 2.43. The van der Waals surface area contributed by atoms with Gasteiger partial charge in [0.05, 0.1) is 13.2 Å². The van der Waals surface area contributed by atoms with Crippen LogP contribution in [-0.4, -0.2) is 0 Å². The van der Waals surface area contributed by atoms with Crippen LogP contribution in [0, 0.1) is 11.6 Å². The van der Waals surface area contributed by atoms with E-state index in [4.69, 9.17) is 10.5 Å². The molecule has 0 fully saturated rings. The molecule has 2 N–H and O–H groups in total. The maximum absolute atomic E-state index is 13.5. The average molecular weight is 263 g/mol. The summed E-state index contributed by atoms with van der Waals surface area (Å²) < 4.78 is 32.2. The van der Waals surface area contributed by atoms with E-state index in [1.807, 2.05) is 0 Å². The van der Waals surface area contributed by atoms with Gasteiger partial charge >= 0.3 is 0 Å². The molecule has 0 saturated carbocycles. The Hall–Kier alpha value is -1.78. The number of rotatable bonds is 5. The summed E-state index contributed by atoms with van der Waals surface area (Å²) in [6.07, 6.45) is 0. The lowest BCUT2D eigenvalue weighted by molar-refractivity contribution is 0.102. The largest absolute Gasteiger partial charge is 0.372 e. The fourth-order valence-electron chi connectivity index (χ4n) is 1.75. The van der Waals surface area contributed by atoms with Crippen LogP contribution in [-0.2, 0) is 24.5 Å². The molecule has 0 bridgehead atoms. The summed E-state index contributed by atoms with van der Waals surface area (Å²) in [5.41, 5.74) is 7.22. The van der Waals surface area contributed by atoms with Gasteiger partial charge in [0.1, 0.15) is 11.6 Å². The number of ether oxygens (including phenoxy) is 1. The highest BCUT2D eigenvalue weighted by Gasteiger charge is 2.05.